The lowest BCUT2D eigenvalue weighted by Crippen LogP contribution is -2.36. The van der Waals surface area contributed by atoms with E-state index in [4.69, 9.17) is 10.3 Å². The number of hydrogen-bond acceptors (Lipinski definition) is 4. The molecule has 1 aliphatic rings. The first-order valence-electron chi connectivity index (χ1n) is 7.03. The van der Waals surface area contributed by atoms with E-state index in [9.17, 15) is 4.79 Å². The number of carbonyl (C=O) groups excluding carboxylic acids is 1. The van der Waals surface area contributed by atoms with Gasteiger partial charge in [-0.15, -0.1) is 12.4 Å². The van der Waals surface area contributed by atoms with Crippen molar-refractivity contribution in [1.29, 1.82) is 0 Å². The number of aromatic nitrogens is 1. The zero-order chi connectivity index (χ0) is 13.8. The van der Waals surface area contributed by atoms with Crippen LogP contribution >= 0.6 is 12.4 Å². The zero-order valence-corrected chi connectivity index (χ0v) is 13.0. The second-order valence-corrected chi connectivity index (χ2v) is 5.38. The van der Waals surface area contributed by atoms with E-state index in [-0.39, 0.29) is 24.2 Å². The van der Waals surface area contributed by atoms with Gasteiger partial charge in [0.15, 0.2) is 0 Å². The minimum absolute atomic E-state index is 0. The molecule has 1 aliphatic carbocycles. The molecule has 0 unspecified atom stereocenters. The molecule has 0 bridgehead atoms. The highest BCUT2D eigenvalue weighted by atomic mass is 35.5. The van der Waals surface area contributed by atoms with Crippen LogP contribution in [0.25, 0.3) is 0 Å². The Balaban J connectivity index is 0.00000200. The summed E-state index contributed by atoms with van der Waals surface area (Å²) in [6.07, 6.45) is 3.94. The van der Waals surface area contributed by atoms with Gasteiger partial charge in [-0.3, -0.25) is 4.79 Å². The van der Waals surface area contributed by atoms with E-state index < -0.39 is 0 Å². The highest BCUT2D eigenvalue weighted by Crippen LogP contribution is 2.30. The van der Waals surface area contributed by atoms with Gasteiger partial charge in [-0.1, -0.05) is 11.6 Å². The summed E-state index contributed by atoms with van der Waals surface area (Å²) in [5, 5.41) is 6.93. The van der Waals surface area contributed by atoms with Gasteiger partial charge in [0.2, 0.25) is 5.91 Å². The summed E-state index contributed by atoms with van der Waals surface area (Å²) in [5.41, 5.74) is 7.72. The van der Waals surface area contributed by atoms with Crippen molar-refractivity contribution in [1.82, 2.24) is 10.5 Å². The Labute approximate surface area is 126 Å². The summed E-state index contributed by atoms with van der Waals surface area (Å²) >= 11 is 0. The van der Waals surface area contributed by atoms with Crippen molar-refractivity contribution in [2.45, 2.75) is 39.5 Å². The normalized spacial score (nSPS) is 21.6. The van der Waals surface area contributed by atoms with Crippen molar-refractivity contribution < 1.29 is 9.32 Å². The predicted octanol–water partition coefficient (Wildman–Crippen LogP) is 1.75. The molecule has 114 valence electrons. The van der Waals surface area contributed by atoms with Crippen LogP contribution in [0.5, 0.6) is 0 Å². The van der Waals surface area contributed by atoms with Crippen LogP contribution in [-0.2, 0) is 11.2 Å². The smallest absolute Gasteiger partial charge is 0.223 e. The van der Waals surface area contributed by atoms with E-state index in [1.807, 2.05) is 13.8 Å². The molecule has 3 N–H and O–H groups in total. The minimum Gasteiger partial charge on any atom is -0.361 e. The maximum absolute atomic E-state index is 12.1. The van der Waals surface area contributed by atoms with Gasteiger partial charge in [0.05, 0.1) is 5.69 Å². The number of nitrogens with one attached hydrogen (secondary N) is 1. The summed E-state index contributed by atoms with van der Waals surface area (Å²) in [7, 11) is 0. The van der Waals surface area contributed by atoms with Gasteiger partial charge in [0.25, 0.3) is 0 Å². The average molecular weight is 302 g/mol. The molecule has 2 rings (SSSR count). The molecule has 2 atom stereocenters. The number of halogens is 1. The largest absolute Gasteiger partial charge is 0.361 e. The topological polar surface area (TPSA) is 81.2 Å². The standard InChI is InChI=1S/C14H23N3O2.ClH/c1-9-12(10(2)19-17-9)6-7-16-14(18)13-5-3-4-11(13)8-15;/h11,13H,3-8,15H2,1-2H3,(H,16,18);1H/t11-,13-;/m1./s1. The lowest BCUT2D eigenvalue weighted by atomic mass is 9.95. The van der Waals surface area contributed by atoms with Crippen LogP contribution in [0.3, 0.4) is 0 Å². The maximum Gasteiger partial charge on any atom is 0.223 e. The quantitative estimate of drug-likeness (QED) is 0.868. The first-order chi connectivity index (χ1) is 9.13. The van der Waals surface area contributed by atoms with Gasteiger partial charge in [0, 0.05) is 18.0 Å². The highest BCUT2D eigenvalue weighted by Gasteiger charge is 2.31. The SMILES string of the molecule is Cc1noc(C)c1CCNC(=O)[C@@H]1CCC[C@@H]1CN.Cl. The fourth-order valence-corrected chi connectivity index (χ4v) is 2.96. The second kappa shape index (κ2) is 7.64. The molecule has 0 saturated heterocycles. The Morgan fingerprint density at radius 2 is 2.20 bits per heavy atom. The number of rotatable bonds is 5. The van der Waals surface area contributed by atoms with Crippen LogP contribution in [0.15, 0.2) is 4.52 Å². The van der Waals surface area contributed by atoms with E-state index >= 15 is 0 Å². The lowest BCUT2D eigenvalue weighted by Gasteiger charge is -2.17. The molecule has 1 fully saturated rings. The van der Waals surface area contributed by atoms with Gasteiger partial charge >= 0.3 is 0 Å². The minimum atomic E-state index is 0. The Bertz CT molecular complexity index is 428. The van der Waals surface area contributed by atoms with E-state index in [1.54, 1.807) is 0 Å². The molecular formula is C14H24ClN3O2. The lowest BCUT2D eigenvalue weighted by molar-refractivity contribution is -0.125. The van der Waals surface area contributed by atoms with Crippen LogP contribution in [-0.4, -0.2) is 24.2 Å². The number of nitrogens with zero attached hydrogens (tertiary/aromatic N) is 1. The van der Waals surface area contributed by atoms with Gasteiger partial charge in [0.1, 0.15) is 5.76 Å². The van der Waals surface area contributed by atoms with E-state index in [0.29, 0.717) is 19.0 Å². The average Bonchev–Trinajstić information content (AvgIpc) is 2.99. The third-order valence-corrected chi connectivity index (χ3v) is 4.15. The van der Waals surface area contributed by atoms with Crippen LogP contribution in [0.4, 0.5) is 0 Å². The molecule has 0 spiro atoms. The molecule has 20 heavy (non-hydrogen) atoms. The molecule has 1 saturated carbocycles. The van der Waals surface area contributed by atoms with E-state index in [2.05, 4.69) is 10.5 Å². The Morgan fingerprint density at radius 3 is 2.80 bits per heavy atom. The third-order valence-electron chi connectivity index (χ3n) is 4.15. The molecule has 1 amide bonds. The Morgan fingerprint density at radius 1 is 1.45 bits per heavy atom. The summed E-state index contributed by atoms with van der Waals surface area (Å²) in [6, 6.07) is 0. The van der Waals surface area contributed by atoms with Crippen LogP contribution in [0, 0.1) is 25.7 Å². The molecule has 0 aliphatic heterocycles. The van der Waals surface area contributed by atoms with Gasteiger partial charge < -0.3 is 15.6 Å². The molecule has 1 aromatic heterocycles. The summed E-state index contributed by atoms with van der Waals surface area (Å²) in [6.45, 7) is 5.07. The molecule has 1 aromatic rings. The van der Waals surface area contributed by atoms with Crippen molar-refractivity contribution >= 4 is 18.3 Å². The van der Waals surface area contributed by atoms with Crippen molar-refractivity contribution in [3.63, 3.8) is 0 Å². The summed E-state index contributed by atoms with van der Waals surface area (Å²) in [5.74, 6) is 1.46. The molecule has 1 heterocycles. The number of aryl methyl sites for hydroxylation is 2. The number of carbonyl (C=O) groups is 1. The monoisotopic (exact) mass is 301 g/mol. The van der Waals surface area contributed by atoms with Gasteiger partial charge in [-0.2, -0.15) is 0 Å². The predicted molar refractivity (Wildman–Crippen MR) is 79.8 cm³/mol. The number of amides is 1. The summed E-state index contributed by atoms with van der Waals surface area (Å²) in [4.78, 5) is 12.1. The zero-order valence-electron chi connectivity index (χ0n) is 12.1. The first-order valence-corrected chi connectivity index (χ1v) is 7.03. The molecule has 0 radical (unpaired) electrons. The molecule has 5 nitrogen and oxygen atoms in total. The summed E-state index contributed by atoms with van der Waals surface area (Å²) < 4.78 is 5.11. The Kier molecular flexibility index (Phi) is 6.49. The molecular weight excluding hydrogens is 278 g/mol. The maximum atomic E-state index is 12.1. The van der Waals surface area contributed by atoms with Gasteiger partial charge in [-0.05, 0) is 45.6 Å². The fraction of sp³-hybridized carbons (Fsp3) is 0.714. The van der Waals surface area contributed by atoms with Crippen LogP contribution in [0.1, 0.15) is 36.3 Å². The van der Waals surface area contributed by atoms with Crippen molar-refractivity contribution in [2.24, 2.45) is 17.6 Å². The van der Waals surface area contributed by atoms with Crippen LogP contribution in [0.2, 0.25) is 0 Å². The second-order valence-electron chi connectivity index (χ2n) is 5.38. The highest BCUT2D eigenvalue weighted by molar-refractivity contribution is 5.85. The fourth-order valence-electron chi connectivity index (χ4n) is 2.96. The van der Waals surface area contributed by atoms with Crippen molar-refractivity contribution in [2.75, 3.05) is 13.1 Å². The number of nitrogens with two attached hydrogens (primary N) is 1. The number of hydrogen-bond donors (Lipinski definition) is 2. The van der Waals surface area contributed by atoms with Gasteiger partial charge in [-0.25, -0.2) is 0 Å². The van der Waals surface area contributed by atoms with E-state index in [0.717, 1.165) is 42.7 Å². The Hall–Kier alpha value is -1.07. The third kappa shape index (κ3) is 3.73. The van der Waals surface area contributed by atoms with Crippen LogP contribution < -0.4 is 11.1 Å². The molecule has 6 heteroatoms. The first kappa shape index (κ1) is 17.0. The van der Waals surface area contributed by atoms with Crippen molar-refractivity contribution in [3.8, 4) is 0 Å². The van der Waals surface area contributed by atoms with E-state index in [1.165, 1.54) is 0 Å². The van der Waals surface area contributed by atoms with Crippen molar-refractivity contribution in [3.05, 3.63) is 17.0 Å². The molecule has 0 aromatic carbocycles.